The molecule has 3 nitrogen and oxygen atoms in total. The molecule has 0 atom stereocenters. The van der Waals surface area contributed by atoms with Crippen LogP contribution in [-0.2, 0) is 0 Å². The van der Waals surface area contributed by atoms with E-state index in [2.05, 4.69) is 23.2 Å². The van der Waals surface area contributed by atoms with Crippen LogP contribution >= 0.6 is 0 Å². The van der Waals surface area contributed by atoms with Crippen LogP contribution in [0.5, 0.6) is 0 Å². The molecule has 0 heterocycles. The summed E-state index contributed by atoms with van der Waals surface area (Å²) in [4.78, 5) is 5.95. The van der Waals surface area contributed by atoms with Gasteiger partial charge in [-0.15, -0.1) is 0 Å². The lowest BCUT2D eigenvalue weighted by Crippen LogP contribution is -2.22. The first-order chi connectivity index (χ1) is 6.24. The average molecular weight is 182 g/mol. The van der Waals surface area contributed by atoms with Crippen molar-refractivity contribution in [3.05, 3.63) is 24.4 Å². The molecule has 0 amide bonds. The minimum Gasteiger partial charge on any atom is -0.396 e. The molecule has 0 saturated heterocycles. The van der Waals surface area contributed by atoms with Gasteiger partial charge < -0.3 is 10.0 Å². The largest absolute Gasteiger partial charge is 0.396 e. The van der Waals surface area contributed by atoms with Crippen LogP contribution in [0.1, 0.15) is 6.42 Å². The van der Waals surface area contributed by atoms with Gasteiger partial charge in [0.05, 0.1) is 5.70 Å². The summed E-state index contributed by atoms with van der Waals surface area (Å²) in [6.07, 6.45) is 4.32. The third-order valence-corrected chi connectivity index (χ3v) is 1.64. The van der Waals surface area contributed by atoms with Gasteiger partial charge in [0, 0.05) is 19.7 Å². The molecule has 0 aromatic rings. The lowest BCUT2D eigenvalue weighted by atomic mass is 10.3. The summed E-state index contributed by atoms with van der Waals surface area (Å²) in [5.74, 6) is 0. The summed E-state index contributed by atoms with van der Waals surface area (Å²) in [7, 11) is 1.98. The number of aliphatic hydroxyl groups excluding tert-OH is 1. The standard InChI is InChI=1S/C10H18N2O/c1-4-6-10(11-2)9-12(3)7-5-8-13/h4,6,13H,1-2,5,7-9H2,3H3/b10-6-. The highest BCUT2D eigenvalue weighted by Gasteiger charge is 1.99. The summed E-state index contributed by atoms with van der Waals surface area (Å²) in [5.41, 5.74) is 0.899. The summed E-state index contributed by atoms with van der Waals surface area (Å²) in [5, 5.41) is 8.62. The maximum absolute atomic E-state index is 8.62. The highest BCUT2D eigenvalue weighted by molar-refractivity contribution is 5.30. The Bertz CT molecular complexity index is 187. The van der Waals surface area contributed by atoms with Crippen molar-refractivity contribution in [2.24, 2.45) is 4.99 Å². The third-order valence-electron chi connectivity index (χ3n) is 1.64. The smallest absolute Gasteiger partial charge is 0.0536 e. The Labute approximate surface area is 80.1 Å². The van der Waals surface area contributed by atoms with Crippen molar-refractivity contribution in [2.75, 3.05) is 26.7 Å². The fourth-order valence-corrected chi connectivity index (χ4v) is 0.988. The zero-order valence-corrected chi connectivity index (χ0v) is 8.24. The highest BCUT2D eigenvalue weighted by Crippen LogP contribution is 1.99. The molecule has 3 heteroatoms. The average Bonchev–Trinajstić information content (AvgIpc) is 2.14. The van der Waals surface area contributed by atoms with Crippen LogP contribution in [0.15, 0.2) is 29.4 Å². The van der Waals surface area contributed by atoms with Crippen LogP contribution in [-0.4, -0.2) is 43.5 Å². The lowest BCUT2D eigenvalue weighted by Gasteiger charge is -2.15. The summed E-state index contributed by atoms with van der Waals surface area (Å²) in [6.45, 7) is 8.90. The van der Waals surface area contributed by atoms with Crippen molar-refractivity contribution in [3.8, 4) is 0 Å². The fraction of sp³-hybridized carbons (Fsp3) is 0.500. The molecule has 0 radical (unpaired) electrons. The molecule has 0 aliphatic heterocycles. The topological polar surface area (TPSA) is 35.8 Å². The molecular formula is C10H18N2O. The van der Waals surface area contributed by atoms with Crippen LogP contribution in [0.25, 0.3) is 0 Å². The lowest BCUT2D eigenvalue weighted by molar-refractivity contribution is 0.254. The fourth-order valence-electron chi connectivity index (χ4n) is 0.988. The van der Waals surface area contributed by atoms with E-state index < -0.39 is 0 Å². The molecule has 74 valence electrons. The predicted octanol–water partition coefficient (Wildman–Crippen LogP) is 1.07. The van der Waals surface area contributed by atoms with Gasteiger partial charge in [0.25, 0.3) is 0 Å². The Hall–Kier alpha value is -0.930. The molecule has 0 rings (SSSR count). The molecule has 0 unspecified atom stereocenters. The maximum Gasteiger partial charge on any atom is 0.0536 e. The number of nitrogens with zero attached hydrogens (tertiary/aromatic N) is 2. The Kier molecular flexibility index (Phi) is 7.15. The van der Waals surface area contributed by atoms with E-state index in [9.17, 15) is 0 Å². The highest BCUT2D eigenvalue weighted by atomic mass is 16.3. The predicted molar refractivity (Wildman–Crippen MR) is 57.0 cm³/mol. The molecular weight excluding hydrogens is 164 g/mol. The molecule has 0 saturated carbocycles. The van der Waals surface area contributed by atoms with Gasteiger partial charge in [-0.25, -0.2) is 0 Å². The molecule has 0 spiro atoms. The minimum absolute atomic E-state index is 0.229. The van der Waals surface area contributed by atoms with Gasteiger partial charge in [-0.05, 0) is 26.3 Å². The van der Waals surface area contributed by atoms with E-state index in [0.29, 0.717) is 0 Å². The molecule has 0 fully saturated rings. The zero-order chi connectivity index (χ0) is 10.1. The van der Waals surface area contributed by atoms with Gasteiger partial charge in [-0.3, -0.25) is 4.99 Å². The summed E-state index contributed by atoms with van der Waals surface area (Å²) in [6, 6.07) is 0. The molecule has 0 aromatic heterocycles. The van der Waals surface area contributed by atoms with E-state index in [-0.39, 0.29) is 6.61 Å². The van der Waals surface area contributed by atoms with Crippen molar-refractivity contribution in [2.45, 2.75) is 6.42 Å². The van der Waals surface area contributed by atoms with Gasteiger partial charge in [0.15, 0.2) is 0 Å². The number of likely N-dealkylation sites (N-methyl/N-ethyl adjacent to an activating group) is 1. The first kappa shape index (κ1) is 12.1. The van der Waals surface area contributed by atoms with E-state index in [4.69, 9.17) is 5.11 Å². The van der Waals surface area contributed by atoms with Crippen LogP contribution in [0, 0.1) is 0 Å². The van der Waals surface area contributed by atoms with Crippen LogP contribution in [0.4, 0.5) is 0 Å². The molecule has 0 bridgehead atoms. The van der Waals surface area contributed by atoms with E-state index in [1.165, 1.54) is 0 Å². The van der Waals surface area contributed by atoms with Gasteiger partial charge in [-0.1, -0.05) is 12.7 Å². The van der Waals surface area contributed by atoms with E-state index in [0.717, 1.165) is 25.2 Å². The number of hydrogen-bond acceptors (Lipinski definition) is 3. The molecule has 0 aliphatic rings. The Balaban J connectivity index is 3.86. The Morgan fingerprint density at radius 1 is 1.62 bits per heavy atom. The van der Waals surface area contributed by atoms with Crippen molar-refractivity contribution in [3.63, 3.8) is 0 Å². The Morgan fingerprint density at radius 3 is 2.77 bits per heavy atom. The first-order valence-electron chi connectivity index (χ1n) is 4.32. The number of hydrogen-bond donors (Lipinski definition) is 1. The van der Waals surface area contributed by atoms with Crippen molar-refractivity contribution >= 4 is 6.72 Å². The second-order valence-corrected chi connectivity index (χ2v) is 2.87. The van der Waals surface area contributed by atoms with Crippen molar-refractivity contribution in [1.82, 2.24) is 4.90 Å². The maximum atomic E-state index is 8.62. The second-order valence-electron chi connectivity index (χ2n) is 2.87. The van der Waals surface area contributed by atoms with Crippen LogP contribution in [0.3, 0.4) is 0 Å². The zero-order valence-electron chi connectivity index (χ0n) is 8.24. The minimum atomic E-state index is 0.229. The van der Waals surface area contributed by atoms with E-state index in [1.807, 2.05) is 13.1 Å². The number of allylic oxidation sites excluding steroid dienone is 2. The van der Waals surface area contributed by atoms with Gasteiger partial charge in [-0.2, -0.15) is 0 Å². The quantitative estimate of drug-likeness (QED) is 0.472. The number of rotatable bonds is 7. The number of aliphatic hydroxyl groups is 1. The monoisotopic (exact) mass is 182 g/mol. The number of aliphatic imine (C=N–C) groups is 1. The summed E-state index contributed by atoms with van der Waals surface area (Å²) < 4.78 is 0. The second kappa shape index (κ2) is 7.71. The van der Waals surface area contributed by atoms with Crippen molar-refractivity contribution < 1.29 is 5.11 Å². The molecule has 0 aliphatic carbocycles. The normalized spacial score (nSPS) is 11.8. The Morgan fingerprint density at radius 2 is 2.31 bits per heavy atom. The van der Waals surface area contributed by atoms with Crippen LogP contribution < -0.4 is 0 Å². The summed E-state index contributed by atoms with van der Waals surface area (Å²) >= 11 is 0. The SMILES string of the molecule is C=C/C=C(/CN(C)CCCO)N=C. The molecule has 0 aromatic carbocycles. The third kappa shape index (κ3) is 6.25. The van der Waals surface area contributed by atoms with E-state index in [1.54, 1.807) is 6.08 Å². The van der Waals surface area contributed by atoms with Crippen LogP contribution in [0.2, 0.25) is 0 Å². The van der Waals surface area contributed by atoms with Crippen molar-refractivity contribution in [1.29, 1.82) is 0 Å². The molecule has 1 N–H and O–H groups in total. The van der Waals surface area contributed by atoms with Gasteiger partial charge in [0.1, 0.15) is 0 Å². The van der Waals surface area contributed by atoms with Gasteiger partial charge >= 0.3 is 0 Å². The van der Waals surface area contributed by atoms with E-state index >= 15 is 0 Å². The molecule has 13 heavy (non-hydrogen) atoms. The van der Waals surface area contributed by atoms with Gasteiger partial charge in [0.2, 0.25) is 0 Å². The first-order valence-corrected chi connectivity index (χ1v) is 4.32.